The second-order valence-electron chi connectivity index (χ2n) is 1.39. The van der Waals surface area contributed by atoms with E-state index in [0.29, 0.717) is 5.06 Å². The zero-order valence-electron chi connectivity index (χ0n) is 3.74. The molecule has 38 valence electrons. The van der Waals surface area contributed by atoms with Crippen molar-refractivity contribution >= 4 is 9.90 Å². The lowest BCUT2D eigenvalue weighted by Gasteiger charge is -2.29. The van der Waals surface area contributed by atoms with Gasteiger partial charge in [-0.3, -0.25) is 0 Å². The molecular formula is C3H10NOP. The van der Waals surface area contributed by atoms with Gasteiger partial charge in [-0.05, 0) is 0 Å². The van der Waals surface area contributed by atoms with E-state index >= 15 is 0 Å². The summed E-state index contributed by atoms with van der Waals surface area (Å²) in [6, 6.07) is 0. The van der Waals surface area contributed by atoms with Crippen LogP contribution in [0.1, 0.15) is 6.42 Å². The van der Waals surface area contributed by atoms with Crippen molar-refractivity contribution in [3.05, 3.63) is 5.21 Å². The van der Waals surface area contributed by atoms with Gasteiger partial charge in [0.2, 0.25) is 0 Å². The highest BCUT2D eigenvalue weighted by Crippen LogP contribution is 1.72. The summed E-state index contributed by atoms with van der Waals surface area (Å²) in [5.74, 6) is 0. The average Bonchev–Trinajstić information content (AvgIpc) is 1.30. The van der Waals surface area contributed by atoms with E-state index in [9.17, 15) is 5.21 Å². The van der Waals surface area contributed by atoms with Crippen LogP contribution in [0, 0.1) is 5.21 Å². The van der Waals surface area contributed by atoms with Crippen LogP contribution >= 0.6 is 9.90 Å². The molecule has 0 bridgehead atoms. The smallest absolute Gasteiger partial charge is 0.0822 e. The van der Waals surface area contributed by atoms with Crippen molar-refractivity contribution in [3.63, 3.8) is 0 Å². The SMILES string of the molecule is P.[O-][NH+]1CCC1. The van der Waals surface area contributed by atoms with Crippen molar-refractivity contribution in [2.75, 3.05) is 13.1 Å². The second kappa shape index (κ2) is 2.51. The lowest BCUT2D eigenvalue weighted by atomic mass is 10.3. The average molecular weight is 107 g/mol. The fraction of sp³-hybridized carbons (Fsp3) is 1.00. The fourth-order valence-electron chi connectivity index (χ4n) is 0.321. The third kappa shape index (κ3) is 1.21. The van der Waals surface area contributed by atoms with Crippen LogP contribution in [0.4, 0.5) is 0 Å². The number of hydroxylamine groups is 2. The first-order chi connectivity index (χ1) is 2.39. The molecule has 0 aromatic carbocycles. The zero-order chi connectivity index (χ0) is 3.70. The first-order valence-corrected chi connectivity index (χ1v) is 1.91. The Morgan fingerprint density at radius 3 is 1.67 bits per heavy atom. The number of quaternary nitrogens is 1. The minimum absolute atomic E-state index is 0. The normalized spacial score (nSPS) is 21.5. The predicted octanol–water partition coefficient (Wildman–Crippen LogP) is -1.17. The highest BCUT2D eigenvalue weighted by Gasteiger charge is 2.05. The lowest BCUT2D eigenvalue weighted by Crippen LogP contribution is -3.13. The molecule has 0 aromatic heterocycles. The van der Waals surface area contributed by atoms with Gasteiger partial charge >= 0.3 is 0 Å². The molecule has 1 rings (SSSR count). The maximum atomic E-state index is 9.90. The molecule has 0 aliphatic carbocycles. The molecule has 0 amide bonds. The third-order valence-electron chi connectivity index (χ3n) is 0.911. The van der Waals surface area contributed by atoms with Gasteiger partial charge in [-0.15, -0.1) is 0 Å². The van der Waals surface area contributed by atoms with Crippen molar-refractivity contribution in [1.82, 2.24) is 0 Å². The van der Waals surface area contributed by atoms with E-state index in [1.54, 1.807) is 0 Å². The summed E-state index contributed by atoms with van der Waals surface area (Å²) >= 11 is 0. The Morgan fingerprint density at radius 2 is 1.67 bits per heavy atom. The van der Waals surface area contributed by atoms with Crippen molar-refractivity contribution in [2.24, 2.45) is 0 Å². The highest BCUT2D eigenvalue weighted by molar-refractivity contribution is 6.92. The van der Waals surface area contributed by atoms with E-state index in [0.717, 1.165) is 19.5 Å². The predicted molar refractivity (Wildman–Crippen MR) is 29.8 cm³/mol. The summed E-state index contributed by atoms with van der Waals surface area (Å²) in [4.78, 5) is 0. The summed E-state index contributed by atoms with van der Waals surface area (Å²) in [5.41, 5.74) is 0. The molecule has 1 aliphatic heterocycles. The van der Waals surface area contributed by atoms with Crippen LogP contribution in [-0.2, 0) is 0 Å². The Morgan fingerprint density at radius 1 is 1.33 bits per heavy atom. The van der Waals surface area contributed by atoms with Crippen LogP contribution in [0.25, 0.3) is 0 Å². The first-order valence-electron chi connectivity index (χ1n) is 1.91. The molecule has 1 aliphatic rings. The molecule has 2 nitrogen and oxygen atoms in total. The molecule has 0 radical (unpaired) electrons. The van der Waals surface area contributed by atoms with Crippen molar-refractivity contribution in [2.45, 2.75) is 6.42 Å². The molecule has 1 N–H and O–H groups in total. The quantitative estimate of drug-likeness (QED) is 0.306. The van der Waals surface area contributed by atoms with Gasteiger partial charge in [0, 0.05) is 6.42 Å². The third-order valence-corrected chi connectivity index (χ3v) is 0.911. The molecule has 0 saturated carbocycles. The van der Waals surface area contributed by atoms with Crippen LogP contribution < -0.4 is 5.06 Å². The topological polar surface area (TPSA) is 27.5 Å². The molecule has 3 heteroatoms. The second-order valence-corrected chi connectivity index (χ2v) is 1.39. The summed E-state index contributed by atoms with van der Waals surface area (Å²) in [6.07, 6.45) is 1.14. The zero-order valence-corrected chi connectivity index (χ0v) is 5.15. The van der Waals surface area contributed by atoms with Gasteiger partial charge in [-0.2, -0.15) is 9.90 Å². The summed E-state index contributed by atoms with van der Waals surface area (Å²) in [5, 5.41) is 10.3. The van der Waals surface area contributed by atoms with E-state index < -0.39 is 0 Å². The van der Waals surface area contributed by atoms with Gasteiger partial charge in [0.1, 0.15) is 0 Å². The summed E-state index contributed by atoms with van der Waals surface area (Å²) < 4.78 is 0. The van der Waals surface area contributed by atoms with E-state index in [4.69, 9.17) is 0 Å². The van der Waals surface area contributed by atoms with Gasteiger partial charge in [0.15, 0.2) is 0 Å². The highest BCUT2D eigenvalue weighted by atomic mass is 31.0. The Hall–Kier alpha value is 0.350. The maximum absolute atomic E-state index is 9.90. The van der Waals surface area contributed by atoms with E-state index in [1.807, 2.05) is 0 Å². The Labute approximate surface area is 40.7 Å². The van der Waals surface area contributed by atoms with Crippen LogP contribution in [-0.4, -0.2) is 13.1 Å². The molecule has 1 fully saturated rings. The number of hydrogen-bond acceptors (Lipinski definition) is 1. The molecule has 1 heterocycles. The molecule has 1 saturated heterocycles. The Bertz CT molecular complexity index is 37.8. The molecule has 0 aromatic rings. The van der Waals surface area contributed by atoms with Crippen molar-refractivity contribution in [1.29, 1.82) is 0 Å². The van der Waals surface area contributed by atoms with Gasteiger partial charge in [-0.25, -0.2) is 0 Å². The summed E-state index contributed by atoms with van der Waals surface area (Å²) in [6.45, 7) is 1.69. The van der Waals surface area contributed by atoms with Gasteiger partial charge < -0.3 is 10.3 Å². The van der Waals surface area contributed by atoms with E-state index in [1.165, 1.54) is 0 Å². The van der Waals surface area contributed by atoms with Crippen LogP contribution in [0.5, 0.6) is 0 Å². The Kier molecular flexibility index (Phi) is 2.66. The molecule has 1 atom stereocenters. The maximum Gasteiger partial charge on any atom is 0.0822 e. The summed E-state index contributed by atoms with van der Waals surface area (Å²) in [7, 11) is 0. The largest absolute Gasteiger partial charge is 0.634 e. The molecular weight excluding hydrogens is 97.0 g/mol. The first kappa shape index (κ1) is 6.35. The van der Waals surface area contributed by atoms with Crippen LogP contribution in [0.2, 0.25) is 0 Å². The van der Waals surface area contributed by atoms with Crippen molar-refractivity contribution in [3.8, 4) is 0 Å². The lowest BCUT2D eigenvalue weighted by molar-refractivity contribution is -0.889. The fourth-order valence-corrected chi connectivity index (χ4v) is 0.321. The van der Waals surface area contributed by atoms with Gasteiger partial charge in [0.05, 0.1) is 13.1 Å². The number of hydrogen-bond donors (Lipinski definition) is 1. The number of rotatable bonds is 0. The molecule has 1 unspecified atom stereocenters. The van der Waals surface area contributed by atoms with Crippen LogP contribution in [0.15, 0.2) is 0 Å². The van der Waals surface area contributed by atoms with Gasteiger partial charge in [-0.1, -0.05) is 0 Å². The van der Waals surface area contributed by atoms with Crippen LogP contribution in [0.3, 0.4) is 0 Å². The van der Waals surface area contributed by atoms with Crippen molar-refractivity contribution < 1.29 is 5.06 Å². The molecule has 6 heavy (non-hydrogen) atoms. The van der Waals surface area contributed by atoms with Gasteiger partial charge in [0.25, 0.3) is 0 Å². The number of nitrogens with one attached hydrogen (secondary N) is 1. The monoisotopic (exact) mass is 107 g/mol. The van der Waals surface area contributed by atoms with E-state index in [-0.39, 0.29) is 9.90 Å². The molecule has 0 spiro atoms. The minimum Gasteiger partial charge on any atom is -0.634 e. The standard InChI is InChI=1S/C3H7NO.H3P/c5-4-2-1-3-4;/h4H,1-3H2;1H3. The minimum atomic E-state index is 0. The van der Waals surface area contributed by atoms with E-state index in [2.05, 4.69) is 0 Å². The Balaban J connectivity index is 0.000000250.